The van der Waals surface area contributed by atoms with Gasteiger partial charge in [0, 0.05) is 5.69 Å². The fourth-order valence-electron chi connectivity index (χ4n) is 1.83. The van der Waals surface area contributed by atoms with Crippen LogP contribution in [0.2, 0.25) is 0 Å². The molecule has 2 N–H and O–H groups in total. The van der Waals surface area contributed by atoms with E-state index in [2.05, 4.69) is 42.8 Å². The molecule has 2 nitrogen and oxygen atoms in total. The van der Waals surface area contributed by atoms with Gasteiger partial charge in [-0.1, -0.05) is 6.07 Å². The number of hydrogen-bond donors (Lipinski definition) is 1. The third-order valence-electron chi connectivity index (χ3n) is 2.94. The van der Waals surface area contributed by atoms with Crippen molar-refractivity contribution in [3.63, 3.8) is 0 Å². The minimum atomic E-state index is 0.714. The maximum atomic E-state index is 5.95. The Labute approximate surface area is 116 Å². The molecule has 0 aromatic heterocycles. The first-order valence-electron chi connectivity index (χ1n) is 5.78. The zero-order valence-electron chi connectivity index (χ0n) is 10.8. The van der Waals surface area contributed by atoms with Gasteiger partial charge in [-0.25, -0.2) is 0 Å². The van der Waals surface area contributed by atoms with Gasteiger partial charge in [0.15, 0.2) is 0 Å². The summed E-state index contributed by atoms with van der Waals surface area (Å²) >= 11 is 3.46. The Morgan fingerprint density at radius 2 is 1.72 bits per heavy atom. The molecule has 0 aliphatic rings. The Kier molecular flexibility index (Phi) is 3.62. The normalized spacial score (nSPS) is 10.4. The van der Waals surface area contributed by atoms with E-state index in [1.54, 1.807) is 0 Å². The molecule has 0 aliphatic carbocycles. The van der Waals surface area contributed by atoms with Crippen LogP contribution in [0.25, 0.3) is 0 Å². The first-order valence-corrected chi connectivity index (χ1v) is 6.57. The minimum Gasteiger partial charge on any atom is -0.456 e. The van der Waals surface area contributed by atoms with E-state index in [9.17, 15) is 0 Å². The van der Waals surface area contributed by atoms with Crippen LogP contribution in [-0.2, 0) is 0 Å². The zero-order valence-corrected chi connectivity index (χ0v) is 12.3. The van der Waals surface area contributed by atoms with Crippen LogP contribution in [0.15, 0.2) is 34.8 Å². The minimum absolute atomic E-state index is 0.714. The zero-order chi connectivity index (χ0) is 13.3. The van der Waals surface area contributed by atoms with Crippen LogP contribution < -0.4 is 10.5 Å². The van der Waals surface area contributed by atoms with Gasteiger partial charge in [0.2, 0.25) is 0 Å². The summed E-state index contributed by atoms with van der Waals surface area (Å²) in [6.45, 7) is 6.22. The highest BCUT2D eigenvalue weighted by Crippen LogP contribution is 2.34. The van der Waals surface area contributed by atoms with Crippen molar-refractivity contribution in [3.05, 3.63) is 51.5 Å². The number of ether oxygens (including phenoxy) is 1. The lowest BCUT2D eigenvalue weighted by Gasteiger charge is -2.13. The molecule has 0 saturated heterocycles. The summed E-state index contributed by atoms with van der Waals surface area (Å²) in [6.07, 6.45) is 0. The van der Waals surface area contributed by atoms with Crippen molar-refractivity contribution in [1.82, 2.24) is 0 Å². The molecule has 18 heavy (non-hydrogen) atoms. The standard InChI is InChI=1S/C15H16BrNO/c1-9-6-10(2)11(3)15(7-9)18-14-5-4-12(17)8-13(14)16/h4-8H,17H2,1-3H3. The van der Waals surface area contributed by atoms with Crippen LogP contribution >= 0.6 is 15.9 Å². The second kappa shape index (κ2) is 5.02. The van der Waals surface area contributed by atoms with Gasteiger partial charge in [-0.2, -0.15) is 0 Å². The summed E-state index contributed by atoms with van der Waals surface area (Å²) in [5.74, 6) is 1.66. The van der Waals surface area contributed by atoms with E-state index in [0.29, 0.717) is 5.69 Å². The largest absolute Gasteiger partial charge is 0.456 e. The molecule has 2 rings (SSSR count). The molecule has 0 atom stereocenters. The van der Waals surface area contributed by atoms with Crippen LogP contribution in [0.5, 0.6) is 11.5 Å². The second-order valence-electron chi connectivity index (χ2n) is 4.50. The van der Waals surface area contributed by atoms with E-state index in [0.717, 1.165) is 21.5 Å². The Hall–Kier alpha value is -1.48. The highest BCUT2D eigenvalue weighted by molar-refractivity contribution is 9.10. The molecular weight excluding hydrogens is 290 g/mol. The highest BCUT2D eigenvalue weighted by atomic mass is 79.9. The van der Waals surface area contributed by atoms with E-state index in [1.807, 2.05) is 24.3 Å². The number of nitrogens with two attached hydrogens (primary N) is 1. The lowest BCUT2D eigenvalue weighted by molar-refractivity contribution is 0.475. The lowest BCUT2D eigenvalue weighted by atomic mass is 10.1. The molecule has 0 radical (unpaired) electrons. The summed E-state index contributed by atoms with van der Waals surface area (Å²) in [5.41, 5.74) is 10.0. The van der Waals surface area contributed by atoms with E-state index in [4.69, 9.17) is 10.5 Å². The number of benzene rings is 2. The summed E-state index contributed by atoms with van der Waals surface area (Å²) in [6, 6.07) is 9.74. The Balaban J connectivity index is 2.40. The smallest absolute Gasteiger partial charge is 0.141 e. The molecule has 0 saturated carbocycles. The molecule has 0 unspecified atom stereocenters. The van der Waals surface area contributed by atoms with Crippen molar-refractivity contribution in [3.8, 4) is 11.5 Å². The maximum Gasteiger partial charge on any atom is 0.141 e. The molecule has 0 fully saturated rings. The number of halogens is 1. The molecule has 0 spiro atoms. The number of aryl methyl sites for hydroxylation is 2. The molecule has 2 aromatic rings. The van der Waals surface area contributed by atoms with Crippen molar-refractivity contribution in [1.29, 1.82) is 0 Å². The lowest BCUT2D eigenvalue weighted by Crippen LogP contribution is -1.93. The summed E-state index contributed by atoms with van der Waals surface area (Å²) < 4.78 is 6.82. The Bertz CT molecular complexity index is 593. The van der Waals surface area contributed by atoms with Crippen molar-refractivity contribution < 1.29 is 4.74 Å². The van der Waals surface area contributed by atoms with E-state index in [1.165, 1.54) is 11.1 Å². The van der Waals surface area contributed by atoms with Gasteiger partial charge in [-0.15, -0.1) is 0 Å². The van der Waals surface area contributed by atoms with Gasteiger partial charge in [0.05, 0.1) is 4.47 Å². The van der Waals surface area contributed by atoms with Crippen LogP contribution in [0.3, 0.4) is 0 Å². The van der Waals surface area contributed by atoms with Crippen LogP contribution in [0, 0.1) is 20.8 Å². The second-order valence-corrected chi connectivity index (χ2v) is 5.35. The molecule has 3 heteroatoms. The average Bonchev–Trinajstić information content (AvgIpc) is 2.29. The fraction of sp³-hybridized carbons (Fsp3) is 0.200. The number of anilines is 1. The van der Waals surface area contributed by atoms with Gasteiger partial charge < -0.3 is 10.5 Å². The van der Waals surface area contributed by atoms with Gasteiger partial charge in [-0.3, -0.25) is 0 Å². The van der Waals surface area contributed by atoms with E-state index in [-0.39, 0.29) is 0 Å². The average molecular weight is 306 g/mol. The topological polar surface area (TPSA) is 35.2 Å². The van der Waals surface area contributed by atoms with Crippen molar-refractivity contribution >= 4 is 21.6 Å². The van der Waals surface area contributed by atoms with Crippen LogP contribution in [0.4, 0.5) is 5.69 Å². The SMILES string of the molecule is Cc1cc(C)c(C)c(Oc2ccc(N)cc2Br)c1. The molecule has 0 aliphatic heterocycles. The monoisotopic (exact) mass is 305 g/mol. The summed E-state index contributed by atoms with van der Waals surface area (Å²) in [4.78, 5) is 0. The predicted molar refractivity (Wildman–Crippen MR) is 79.3 cm³/mol. The molecule has 0 heterocycles. The molecule has 0 amide bonds. The third kappa shape index (κ3) is 2.67. The summed E-state index contributed by atoms with van der Waals surface area (Å²) in [7, 11) is 0. The first kappa shape index (κ1) is 13.0. The number of nitrogen functional groups attached to an aromatic ring is 1. The van der Waals surface area contributed by atoms with E-state index >= 15 is 0 Å². The summed E-state index contributed by atoms with van der Waals surface area (Å²) in [5, 5.41) is 0. The Morgan fingerprint density at radius 3 is 2.39 bits per heavy atom. The van der Waals surface area contributed by atoms with E-state index < -0.39 is 0 Å². The van der Waals surface area contributed by atoms with Gasteiger partial charge in [0.1, 0.15) is 11.5 Å². The van der Waals surface area contributed by atoms with Crippen LogP contribution in [-0.4, -0.2) is 0 Å². The fourth-order valence-corrected chi connectivity index (χ4v) is 2.30. The Morgan fingerprint density at radius 1 is 1.00 bits per heavy atom. The number of rotatable bonds is 2. The van der Waals surface area contributed by atoms with Crippen LogP contribution in [0.1, 0.15) is 16.7 Å². The van der Waals surface area contributed by atoms with Gasteiger partial charge >= 0.3 is 0 Å². The molecule has 0 bridgehead atoms. The molecule has 2 aromatic carbocycles. The maximum absolute atomic E-state index is 5.95. The van der Waals surface area contributed by atoms with Crippen molar-refractivity contribution in [2.75, 3.05) is 5.73 Å². The molecular formula is C15H16BrNO. The third-order valence-corrected chi connectivity index (χ3v) is 3.56. The van der Waals surface area contributed by atoms with Gasteiger partial charge in [-0.05, 0) is 77.7 Å². The first-order chi connectivity index (χ1) is 8.47. The van der Waals surface area contributed by atoms with Crippen molar-refractivity contribution in [2.45, 2.75) is 20.8 Å². The predicted octanol–water partition coefficient (Wildman–Crippen LogP) is 4.75. The molecule has 94 valence electrons. The quantitative estimate of drug-likeness (QED) is 0.813. The van der Waals surface area contributed by atoms with Crippen molar-refractivity contribution in [2.24, 2.45) is 0 Å². The number of hydrogen-bond acceptors (Lipinski definition) is 2. The highest BCUT2D eigenvalue weighted by Gasteiger charge is 2.08. The van der Waals surface area contributed by atoms with Gasteiger partial charge in [0.25, 0.3) is 0 Å².